The van der Waals surface area contributed by atoms with Crippen molar-refractivity contribution < 1.29 is 4.74 Å². The second-order valence-corrected chi connectivity index (χ2v) is 5.26. The highest BCUT2D eigenvalue weighted by Crippen LogP contribution is 2.18. The lowest BCUT2D eigenvalue weighted by Crippen LogP contribution is -2.26. The topological polar surface area (TPSA) is 21.3 Å². The van der Waals surface area contributed by atoms with Crippen molar-refractivity contribution in [1.82, 2.24) is 5.32 Å². The third kappa shape index (κ3) is 5.61. The Balaban J connectivity index is 2.47. The third-order valence-corrected chi connectivity index (χ3v) is 3.37. The zero-order valence-electron chi connectivity index (χ0n) is 11.3. The molecule has 1 aromatic carbocycles. The molecule has 0 saturated carbocycles. The van der Waals surface area contributed by atoms with Crippen LogP contribution in [0.25, 0.3) is 0 Å². The second-order valence-electron chi connectivity index (χ2n) is 4.27. The minimum atomic E-state index is 0.532. The van der Waals surface area contributed by atoms with Gasteiger partial charge in [-0.05, 0) is 31.4 Å². The van der Waals surface area contributed by atoms with E-state index in [0.717, 1.165) is 12.3 Å². The van der Waals surface area contributed by atoms with Gasteiger partial charge in [0, 0.05) is 18.2 Å². The SMILES string of the molecule is C=CCOc1ccccc1CNC(C)CCSC. The molecule has 0 aliphatic carbocycles. The van der Waals surface area contributed by atoms with Gasteiger partial charge in [0.25, 0.3) is 0 Å². The van der Waals surface area contributed by atoms with Gasteiger partial charge in [0.1, 0.15) is 12.4 Å². The summed E-state index contributed by atoms with van der Waals surface area (Å²) in [7, 11) is 0. The van der Waals surface area contributed by atoms with Crippen LogP contribution in [0, 0.1) is 0 Å². The van der Waals surface area contributed by atoms with E-state index >= 15 is 0 Å². The summed E-state index contributed by atoms with van der Waals surface area (Å²) in [6, 6.07) is 8.69. The van der Waals surface area contributed by atoms with E-state index in [0.29, 0.717) is 12.6 Å². The number of nitrogens with one attached hydrogen (secondary N) is 1. The van der Waals surface area contributed by atoms with Gasteiger partial charge in [-0.25, -0.2) is 0 Å². The number of benzene rings is 1. The average Bonchev–Trinajstić information content (AvgIpc) is 2.41. The maximum Gasteiger partial charge on any atom is 0.124 e. The van der Waals surface area contributed by atoms with Gasteiger partial charge in [-0.1, -0.05) is 30.9 Å². The number of thioether (sulfide) groups is 1. The van der Waals surface area contributed by atoms with Crippen molar-refractivity contribution in [2.75, 3.05) is 18.6 Å². The zero-order valence-corrected chi connectivity index (χ0v) is 12.1. The fourth-order valence-electron chi connectivity index (χ4n) is 1.62. The first-order valence-electron chi connectivity index (χ1n) is 6.31. The highest BCUT2D eigenvalue weighted by molar-refractivity contribution is 7.98. The molecule has 2 nitrogen and oxygen atoms in total. The first-order valence-corrected chi connectivity index (χ1v) is 7.71. The standard InChI is InChI=1S/C15H23NOS/c1-4-10-17-15-8-6-5-7-14(15)12-16-13(2)9-11-18-3/h4-8,13,16H,1,9-12H2,2-3H3. The third-order valence-electron chi connectivity index (χ3n) is 2.73. The summed E-state index contributed by atoms with van der Waals surface area (Å²) in [5.74, 6) is 2.14. The van der Waals surface area contributed by atoms with Crippen LogP contribution >= 0.6 is 11.8 Å². The molecule has 3 heteroatoms. The normalized spacial score (nSPS) is 12.1. The van der Waals surface area contributed by atoms with Crippen LogP contribution < -0.4 is 10.1 Å². The van der Waals surface area contributed by atoms with Crippen molar-refractivity contribution in [3.63, 3.8) is 0 Å². The van der Waals surface area contributed by atoms with Crippen molar-refractivity contribution in [1.29, 1.82) is 0 Å². The molecule has 100 valence electrons. The molecular formula is C15H23NOS. The lowest BCUT2D eigenvalue weighted by atomic mass is 10.2. The Morgan fingerprint density at radius 3 is 2.94 bits per heavy atom. The van der Waals surface area contributed by atoms with Crippen LogP contribution in [0.15, 0.2) is 36.9 Å². The molecule has 1 rings (SSSR count). The molecule has 1 N–H and O–H groups in total. The molecule has 0 spiro atoms. The Labute approximate surface area is 115 Å². The average molecular weight is 265 g/mol. The molecule has 0 aliphatic heterocycles. The van der Waals surface area contributed by atoms with Gasteiger partial charge >= 0.3 is 0 Å². The number of hydrogen-bond donors (Lipinski definition) is 1. The molecule has 0 radical (unpaired) electrons. The first-order chi connectivity index (χ1) is 8.77. The smallest absolute Gasteiger partial charge is 0.124 e. The highest BCUT2D eigenvalue weighted by Gasteiger charge is 2.05. The van der Waals surface area contributed by atoms with E-state index in [1.165, 1.54) is 17.7 Å². The number of para-hydroxylation sites is 1. The summed E-state index contributed by atoms with van der Waals surface area (Å²) in [5, 5.41) is 3.53. The summed E-state index contributed by atoms with van der Waals surface area (Å²) in [5.41, 5.74) is 1.20. The largest absolute Gasteiger partial charge is 0.489 e. The Bertz CT molecular complexity index is 354. The molecule has 1 atom stereocenters. The Morgan fingerprint density at radius 2 is 2.22 bits per heavy atom. The van der Waals surface area contributed by atoms with Gasteiger partial charge in [0.05, 0.1) is 0 Å². The van der Waals surface area contributed by atoms with E-state index in [2.05, 4.69) is 31.1 Å². The van der Waals surface area contributed by atoms with Crippen LogP contribution in [-0.2, 0) is 6.54 Å². The molecule has 18 heavy (non-hydrogen) atoms. The summed E-state index contributed by atoms with van der Waals surface area (Å²) in [6.45, 7) is 7.30. The number of rotatable bonds is 9. The lowest BCUT2D eigenvalue weighted by molar-refractivity contribution is 0.357. The molecule has 0 saturated heterocycles. The molecule has 0 amide bonds. The van der Waals surface area contributed by atoms with Crippen LogP contribution in [-0.4, -0.2) is 24.7 Å². The van der Waals surface area contributed by atoms with Crippen LogP contribution in [0.2, 0.25) is 0 Å². The predicted molar refractivity (Wildman–Crippen MR) is 81.4 cm³/mol. The van der Waals surface area contributed by atoms with Crippen molar-refractivity contribution in [3.8, 4) is 5.75 Å². The lowest BCUT2D eigenvalue weighted by Gasteiger charge is -2.15. The molecule has 0 fully saturated rings. The van der Waals surface area contributed by atoms with Crippen molar-refractivity contribution in [2.24, 2.45) is 0 Å². The highest BCUT2D eigenvalue weighted by atomic mass is 32.2. The van der Waals surface area contributed by atoms with Crippen molar-refractivity contribution >= 4 is 11.8 Å². The summed E-state index contributed by atoms with van der Waals surface area (Å²) in [6.07, 6.45) is 5.10. The van der Waals surface area contributed by atoms with E-state index in [-0.39, 0.29) is 0 Å². The Hall–Kier alpha value is -0.930. The van der Waals surface area contributed by atoms with Crippen LogP contribution in [0.4, 0.5) is 0 Å². The monoisotopic (exact) mass is 265 g/mol. The number of ether oxygens (including phenoxy) is 1. The quantitative estimate of drug-likeness (QED) is 0.691. The first kappa shape index (κ1) is 15.1. The fraction of sp³-hybridized carbons (Fsp3) is 0.467. The van der Waals surface area contributed by atoms with Gasteiger partial charge in [-0.3, -0.25) is 0 Å². The maximum atomic E-state index is 5.64. The van der Waals surface area contributed by atoms with Crippen molar-refractivity contribution in [2.45, 2.75) is 25.9 Å². The Morgan fingerprint density at radius 1 is 1.44 bits per heavy atom. The van der Waals surface area contributed by atoms with Crippen LogP contribution in [0.1, 0.15) is 18.9 Å². The molecule has 0 aromatic heterocycles. The van der Waals surface area contributed by atoms with E-state index in [4.69, 9.17) is 4.74 Å². The second kappa shape index (κ2) is 9.06. The minimum absolute atomic E-state index is 0.532. The molecular weight excluding hydrogens is 242 g/mol. The molecule has 1 aromatic rings. The molecule has 0 bridgehead atoms. The molecule has 0 aliphatic rings. The van der Waals surface area contributed by atoms with Gasteiger partial charge in [0.15, 0.2) is 0 Å². The van der Waals surface area contributed by atoms with E-state index in [1.807, 2.05) is 30.0 Å². The molecule has 1 unspecified atom stereocenters. The van der Waals surface area contributed by atoms with Crippen molar-refractivity contribution in [3.05, 3.63) is 42.5 Å². The fourth-order valence-corrected chi connectivity index (χ4v) is 2.21. The maximum absolute atomic E-state index is 5.64. The van der Waals surface area contributed by atoms with Gasteiger partial charge in [0.2, 0.25) is 0 Å². The van der Waals surface area contributed by atoms with E-state index < -0.39 is 0 Å². The summed E-state index contributed by atoms with van der Waals surface area (Å²) in [4.78, 5) is 0. The zero-order chi connectivity index (χ0) is 13.2. The van der Waals surface area contributed by atoms with E-state index in [1.54, 1.807) is 6.08 Å². The minimum Gasteiger partial charge on any atom is -0.489 e. The molecule has 0 heterocycles. The van der Waals surface area contributed by atoms with Crippen LogP contribution in [0.5, 0.6) is 5.75 Å². The summed E-state index contributed by atoms with van der Waals surface area (Å²) >= 11 is 1.89. The van der Waals surface area contributed by atoms with Gasteiger partial charge < -0.3 is 10.1 Å². The van der Waals surface area contributed by atoms with Gasteiger partial charge in [-0.15, -0.1) is 0 Å². The van der Waals surface area contributed by atoms with E-state index in [9.17, 15) is 0 Å². The predicted octanol–water partition coefficient (Wildman–Crippen LogP) is 3.48. The number of hydrogen-bond acceptors (Lipinski definition) is 3. The van der Waals surface area contributed by atoms with Crippen LogP contribution in [0.3, 0.4) is 0 Å². The van der Waals surface area contributed by atoms with Gasteiger partial charge in [-0.2, -0.15) is 11.8 Å². The summed E-state index contributed by atoms with van der Waals surface area (Å²) < 4.78 is 5.64. The Kier molecular flexibility index (Phi) is 7.62.